The van der Waals surface area contributed by atoms with Crippen LogP contribution in [0.25, 0.3) is 16.9 Å². The number of piperidine rings is 1. The summed E-state index contributed by atoms with van der Waals surface area (Å²) in [6.45, 7) is 2.55. The summed E-state index contributed by atoms with van der Waals surface area (Å²) in [4.78, 5) is 62.8. The molecular formula is C35H43Cl4N7O7. The molecule has 0 bridgehead atoms. The Bertz CT molecular complexity index is 1730. The number of aromatic nitrogens is 2. The molecule has 4 rings (SSSR count). The van der Waals surface area contributed by atoms with Crippen LogP contribution in [0.1, 0.15) is 41.7 Å². The predicted molar refractivity (Wildman–Crippen MR) is 204 cm³/mol. The number of amides is 5. The molecule has 2 heterocycles. The average molecular weight is 816 g/mol. The number of hydrogen-bond donors (Lipinski definition) is 4. The number of rotatable bonds is 17. The molecule has 0 spiro atoms. The molecule has 14 nitrogen and oxygen atoms in total. The zero-order valence-electron chi connectivity index (χ0n) is 29.3. The monoisotopic (exact) mass is 813 g/mol. The Labute approximate surface area is 329 Å². The molecule has 1 saturated heterocycles. The third kappa shape index (κ3) is 13.2. The van der Waals surface area contributed by atoms with Crippen LogP contribution in [0.5, 0.6) is 0 Å². The Morgan fingerprint density at radius 1 is 0.811 bits per heavy atom. The first-order valence-corrected chi connectivity index (χ1v) is 17.9. The van der Waals surface area contributed by atoms with E-state index < -0.39 is 0 Å². The molecular weight excluding hydrogens is 772 g/mol. The quantitative estimate of drug-likeness (QED) is 0.149. The minimum atomic E-state index is -0.351. The molecule has 1 aliphatic rings. The van der Waals surface area contributed by atoms with E-state index in [2.05, 4.69) is 26.4 Å². The van der Waals surface area contributed by atoms with Crippen LogP contribution in [-0.4, -0.2) is 110 Å². The highest BCUT2D eigenvalue weighted by molar-refractivity contribution is 6.35. The van der Waals surface area contributed by atoms with E-state index >= 15 is 0 Å². The van der Waals surface area contributed by atoms with Crippen molar-refractivity contribution in [2.24, 2.45) is 0 Å². The molecule has 1 aromatic heterocycles. The lowest BCUT2D eigenvalue weighted by molar-refractivity contribution is -0.139. The number of unbranched alkanes of at least 4 members (excludes halogenated alkanes) is 1. The van der Waals surface area contributed by atoms with Crippen molar-refractivity contribution in [3.63, 3.8) is 0 Å². The molecule has 53 heavy (non-hydrogen) atoms. The molecule has 0 radical (unpaired) electrons. The second-order valence-electron chi connectivity index (χ2n) is 12.0. The molecule has 18 heteroatoms. The van der Waals surface area contributed by atoms with E-state index in [4.69, 9.17) is 44.3 Å². The van der Waals surface area contributed by atoms with Gasteiger partial charge in [0.05, 0.1) is 16.4 Å². The Kier molecular flexibility index (Phi) is 17.8. The number of nitrogens with one attached hydrogen (secondary N) is 4. The van der Waals surface area contributed by atoms with Gasteiger partial charge in [-0.3, -0.25) is 24.0 Å². The van der Waals surface area contributed by atoms with Crippen LogP contribution in [-0.2, 0) is 28.7 Å². The van der Waals surface area contributed by atoms with Gasteiger partial charge in [-0.1, -0.05) is 46.9 Å². The second-order valence-corrected chi connectivity index (χ2v) is 13.3. The van der Waals surface area contributed by atoms with E-state index in [1.165, 1.54) is 7.05 Å². The lowest BCUT2D eigenvalue weighted by Crippen LogP contribution is -2.47. The Morgan fingerprint density at radius 3 is 1.96 bits per heavy atom. The number of likely N-dealkylation sites (tertiary alicyclic amines) is 1. The van der Waals surface area contributed by atoms with Gasteiger partial charge >= 0.3 is 0 Å². The third-order valence-corrected chi connectivity index (χ3v) is 9.02. The Hall–Kier alpha value is -3.92. The van der Waals surface area contributed by atoms with Crippen LogP contribution >= 0.6 is 47.2 Å². The maximum atomic E-state index is 13.6. The molecule has 288 valence electrons. The van der Waals surface area contributed by atoms with Crippen molar-refractivity contribution in [2.45, 2.75) is 38.6 Å². The maximum Gasteiger partial charge on any atom is 0.272 e. The first-order chi connectivity index (χ1) is 25.0. The van der Waals surface area contributed by atoms with Gasteiger partial charge in [-0.05, 0) is 62.9 Å². The van der Waals surface area contributed by atoms with Crippen molar-refractivity contribution in [1.82, 2.24) is 35.9 Å². The van der Waals surface area contributed by atoms with Crippen LogP contribution < -0.4 is 21.3 Å². The van der Waals surface area contributed by atoms with Crippen molar-refractivity contribution >= 4 is 76.7 Å². The van der Waals surface area contributed by atoms with E-state index in [0.717, 1.165) is 5.56 Å². The maximum absolute atomic E-state index is 13.6. The van der Waals surface area contributed by atoms with Crippen molar-refractivity contribution in [3.8, 4) is 16.9 Å². The number of benzene rings is 2. The van der Waals surface area contributed by atoms with Gasteiger partial charge in [0, 0.05) is 60.4 Å². The predicted octanol–water partition coefficient (Wildman–Crippen LogP) is 3.74. The number of halogens is 4. The van der Waals surface area contributed by atoms with Crippen LogP contribution in [0.2, 0.25) is 15.1 Å². The molecule has 3 aromatic rings. The smallest absolute Gasteiger partial charge is 0.272 e. The molecule has 0 atom stereocenters. The number of carbonyl (C=O) groups is 5. The second kappa shape index (κ2) is 21.7. The van der Waals surface area contributed by atoms with Gasteiger partial charge in [-0.25, -0.2) is 4.68 Å². The number of carbonyl (C=O) groups excluding carboxylic acids is 5. The van der Waals surface area contributed by atoms with E-state index in [-0.39, 0.29) is 80.1 Å². The molecule has 2 aromatic carbocycles. The Balaban J connectivity index is 0.00000756. The van der Waals surface area contributed by atoms with Gasteiger partial charge in [0.25, 0.3) is 5.91 Å². The van der Waals surface area contributed by atoms with Crippen molar-refractivity contribution < 1.29 is 33.4 Å². The standard InChI is InChI=1S/C35H42Cl3N7O7.ClH/c1-22-33(43-45(28-10-9-25(37)17-27(28)38)34(22)23-5-7-24(36)8-6-23)35(50)42-26-11-15-44(16-12-26)32(49)21-52-20-31(48)41-14-4-3-13-40-30(47)19-51-18-29(46)39-2;/h5-10,17,26H,3-4,11-16,18-21H2,1-2H3,(H,39,46)(H,40,47)(H,41,48)(H,42,50);1H. The summed E-state index contributed by atoms with van der Waals surface area (Å²) in [5.41, 5.74) is 2.95. The van der Waals surface area contributed by atoms with Gasteiger partial charge in [0.1, 0.15) is 26.4 Å². The molecule has 4 N–H and O–H groups in total. The van der Waals surface area contributed by atoms with Crippen molar-refractivity contribution in [3.05, 3.63) is 68.8 Å². The minimum absolute atomic E-state index is 0. The highest BCUT2D eigenvalue weighted by atomic mass is 35.5. The SMILES string of the molecule is CNC(=O)COCC(=O)NCCCCNC(=O)COCC(=O)N1CCC(NC(=O)c2nn(-c3ccc(Cl)cc3Cl)c(-c3ccc(Cl)cc3)c2C)CC1.Cl. The fourth-order valence-electron chi connectivity index (χ4n) is 5.45. The minimum Gasteiger partial charge on any atom is -0.362 e. The van der Waals surface area contributed by atoms with Crippen molar-refractivity contribution in [1.29, 1.82) is 0 Å². The lowest BCUT2D eigenvalue weighted by atomic mass is 10.0. The normalized spacial score (nSPS) is 12.8. The molecule has 0 unspecified atom stereocenters. The van der Waals surface area contributed by atoms with Gasteiger partial charge < -0.3 is 35.6 Å². The zero-order chi connectivity index (χ0) is 37.6. The Morgan fingerprint density at radius 2 is 1.38 bits per heavy atom. The topological polar surface area (TPSA) is 173 Å². The summed E-state index contributed by atoms with van der Waals surface area (Å²) in [6, 6.07) is 12.1. The first-order valence-electron chi connectivity index (χ1n) is 16.8. The highest BCUT2D eigenvalue weighted by Gasteiger charge is 2.28. The number of hydrogen-bond acceptors (Lipinski definition) is 8. The van der Waals surface area contributed by atoms with E-state index in [0.29, 0.717) is 83.9 Å². The van der Waals surface area contributed by atoms with Gasteiger partial charge in [-0.2, -0.15) is 5.10 Å². The van der Waals surface area contributed by atoms with E-state index in [1.54, 1.807) is 39.9 Å². The molecule has 5 amide bonds. The van der Waals surface area contributed by atoms with Crippen LogP contribution in [0.3, 0.4) is 0 Å². The average Bonchev–Trinajstić information content (AvgIpc) is 3.46. The summed E-state index contributed by atoms with van der Waals surface area (Å²) in [5.74, 6) is -1.58. The molecule has 0 aliphatic carbocycles. The summed E-state index contributed by atoms with van der Waals surface area (Å²) < 4.78 is 12.0. The summed E-state index contributed by atoms with van der Waals surface area (Å²) in [7, 11) is 1.48. The third-order valence-electron chi connectivity index (χ3n) is 8.23. The van der Waals surface area contributed by atoms with Crippen LogP contribution in [0, 0.1) is 6.92 Å². The van der Waals surface area contributed by atoms with Gasteiger partial charge in [0.2, 0.25) is 23.6 Å². The first kappa shape index (κ1) is 43.5. The molecule has 1 aliphatic heterocycles. The summed E-state index contributed by atoms with van der Waals surface area (Å²) >= 11 is 18.8. The van der Waals surface area contributed by atoms with Gasteiger partial charge in [0.15, 0.2) is 5.69 Å². The highest BCUT2D eigenvalue weighted by Crippen LogP contribution is 2.33. The largest absolute Gasteiger partial charge is 0.362 e. The fourth-order valence-corrected chi connectivity index (χ4v) is 6.07. The lowest BCUT2D eigenvalue weighted by Gasteiger charge is -2.32. The molecule has 0 saturated carbocycles. The molecule has 1 fully saturated rings. The number of likely N-dealkylation sites (N-methyl/N-ethyl adjacent to an activating group) is 1. The van der Waals surface area contributed by atoms with Crippen molar-refractivity contribution in [2.75, 3.05) is 59.7 Å². The van der Waals surface area contributed by atoms with Crippen LogP contribution in [0.15, 0.2) is 42.5 Å². The van der Waals surface area contributed by atoms with E-state index in [1.807, 2.05) is 19.1 Å². The number of nitrogens with zero attached hydrogens (tertiary/aromatic N) is 3. The zero-order valence-corrected chi connectivity index (χ0v) is 32.4. The fraction of sp³-hybridized carbons (Fsp3) is 0.429. The van der Waals surface area contributed by atoms with E-state index in [9.17, 15) is 24.0 Å². The van der Waals surface area contributed by atoms with Crippen LogP contribution in [0.4, 0.5) is 0 Å². The summed E-state index contributed by atoms with van der Waals surface area (Å²) in [5, 5.41) is 16.9. The summed E-state index contributed by atoms with van der Waals surface area (Å²) in [6.07, 6.45) is 2.32. The van der Waals surface area contributed by atoms with Gasteiger partial charge in [-0.15, -0.1) is 12.4 Å². The number of ether oxygens (including phenoxy) is 2.